The van der Waals surface area contributed by atoms with Gasteiger partial charge in [0, 0.05) is 6.54 Å². The van der Waals surface area contributed by atoms with Gasteiger partial charge in [0.05, 0.1) is 6.04 Å². The summed E-state index contributed by atoms with van der Waals surface area (Å²) in [6, 6.07) is -0.890. The Kier molecular flexibility index (Phi) is 3.25. The molecule has 0 unspecified atom stereocenters. The lowest BCUT2D eigenvalue weighted by atomic mass is 10.2. The largest absolute Gasteiger partial charge is 0.354 e. The zero-order valence-electron chi connectivity index (χ0n) is 7.67. The monoisotopic (exact) mass is 185 g/mol. The van der Waals surface area contributed by atoms with E-state index in [0.717, 1.165) is 0 Å². The summed E-state index contributed by atoms with van der Waals surface area (Å²) >= 11 is 0. The second kappa shape index (κ2) is 4.23. The van der Waals surface area contributed by atoms with Crippen LogP contribution in [0.3, 0.4) is 0 Å². The van der Waals surface area contributed by atoms with Gasteiger partial charge in [-0.2, -0.15) is 0 Å². The molecule has 1 heterocycles. The number of rotatable bonds is 3. The Labute approximate surface area is 77.1 Å². The summed E-state index contributed by atoms with van der Waals surface area (Å²) < 4.78 is 0. The predicted molar refractivity (Wildman–Crippen MR) is 47.8 cm³/mol. The SMILES string of the molecule is CC[C@H](N)C(=O)N[C@H]1CCNC1=O. The van der Waals surface area contributed by atoms with Crippen LogP contribution in [0.25, 0.3) is 0 Å². The lowest BCUT2D eigenvalue weighted by Crippen LogP contribution is -2.47. The Bertz CT molecular complexity index is 217. The number of carbonyl (C=O) groups is 2. The second-order valence-corrected chi connectivity index (χ2v) is 3.16. The third kappa shape index (κ3) is 2.42. The Morgan fingerprint density at radius 3 is 3.00 bits per heavy atom. The van der Waals surface area contributed by atoms with Crippen molar-refractivity contribution in [2.24, 2.45) is 5.73 Å². The molecule has 1 saturated heterocycles. The van der Waals surface area contributed by atoms with Crippen LogP contribution < -0.4 is 16.4 Å². The van der Waals surface area contributed by atoms with Crippen LogP contribution in [0.1, 0.15) is 19.8 Å². The minimum atomic E-state index is -0.506. The highest BCUT2D eigenvalue weighted by atomic mass is 16.2. The van der Waals surface area contributed by atoms with Crippen LogP contribution in [0, 0.1) is 0 Å². The molecule has 0 aromatic carbocycles. The average Bonchev–Trinajstić information content (AvgIpc) is 2.50. The van der Waals surface area contributed by atoms with E-state index < -0.39 is 6.04 Å². The molecule has 0 radical (unpaired) electrons. The predicted octanol–water partition coefficient (Wildman–Crippen LogP) is -1.27. The Balaban J connectivity index is 2.39. The van der Waals surface area contributed by atoms with Gasteiger partial charge >= 0.3 is 0 Å². The standard InChI is InChI=1S/C8H15N3O2/c1-2-5(9)7(12)11-6-3-4-10-8(6)13/h5-6H,2-4,9H2,1H3,(H,10,13)(H,11,12)/t5-,6-/m0/s1. The van der Waals surface area contributed by atoms with Crippen LogP contribution in [0.2, 0.25) is 0 Å². The Hall–Kier alpha value is -1.10. The Morgan fingerprint density at radius 1 is 1.85 bits per heavy atom. The van der Waals surface area contributed by atoms with Gasteiger partial charge in [-0.15, -0.1) is 0 Å². The first-order valence-electron chi connectivity index (χ1n) is 4.48. The van der Waals surface area contributed by atoms with Crippen molar-refractivity contribution in [3.63, 3.8) is 0 Å². The number of hydrogen-bond donors (Lipinski definition) is 3. The number of nitrogens with one attached hydrogen (secondary N) is 2. The van der Waals surface area contributed by atoms with Crippen molar-refractivity contribution in [1.82, 2.24) is 10.6 Å². The number of amides is 2. The quantitative estimate of drug-likeness (QED) is 0.512. The normalized spacial score (nSPS) is 23.8. The topological polar surface area (TPSA) is 84.2 Å². The van der Waals surface area contributed by atoms with Crippen molar-refractivity contribution in [3.8, 4) is 0 Å². The molecule has 1 fully saturated rings. The maximum absolute atomic E-state index is 11.3. The average molecular weight is 185 g/mol. The summed E-state index contributed by atoms with van der Waals surface area (Å²) in [5, 5.41) is 5.24. The summed E-state index contributed by atoms with van der Waals surface area (Å²) in [6.45, 7) is 2.46. The first-order chi connectivity index (χ1) is 6.15. The van der Waals surface area contributed by atoms with Crippen LogP contribution in [0.15, 0.2) is 0 Å². The van der Waals surface area contributed by atoms with Crippen molar-refractivity contribution in [3.05, 3.63) is 0 Å². The van der Waals surface area contributed by atoms with Crippen LogP contribution in [-0.2, 0) is 9.59 Å². The fourth-order valence-electron chi connectivity index (χ4n) is 1.20. The van der Waals surface area contributed by atoms with E-state index in [1.54, 1.807) is 0 Å². The molecule has 2 atom stereocenters. The molecule has 1 aliphatic heterocycles. The van der Waals surface area contributed by atoms with Crippen molar-refractivity contribution < 1.29 is 9.59 Å². The van der Waals surface area contributed by atoms with E-state index in [9.17, 15) is 9.59 Å². The highest BCUT2D eigenvalue weighted by molar-refractivity contribution is 5.90. The van der Waals surface area contributed by atoms with Gasteiger partial charge in [0.15, 0.2) is 0 Å². The number of hydrogen-bond acceptors (Lipinski definition) is 3. The zero-order valence-corrected chi connectivity index (χ0v) is 7.67. The van der Waals surface area contributed by atoms with E-state index in [2.05, 4.69) is 10.6 Å². The van der Waals surface area contributed by atoms with E-state index in [1.165, 1.54) is 0 Å². The third-order valence-corrected chi connectivity index (χ3v) is 2.14. The van der Waals surface area contributed by atoms with Crippen LogP contribution in [0.5, 0.6) is 0 Å². The van der Waals surface area contributed by atoms with E-state index in [1.807, 2.05) is 6.92 Å². The molecule has 74 valence electrons. The molecule has 2 amide bonds. The van der Waals surface area contributed by atoms with Crippen molar-refractivity contribution in [2.45, 2.75) is 31.8 Å². The molecule has 1 rings (SSSR count). The summed E-state index contributed by atoms with van der Waals surface area (Å²) in [4.78, 5) is 22.3. The highest BCUT2D eigenvalue weighted by Gasteiger charge is 2.26. The fourth-order valence-corrected chi connectivity index (χ4v) is 1.20. The molecule has 0 aliphatic carbocycles. The molecule has 0 saturated carbocycles. The number of carbonyl (C=O) groups excluding carboxylic acids is 2. The summed E-state index contributed by atoms with van der Waals surface area (Å²) in [6.07, 6.45) is 1.24. The Morgan fingerprint density at radius 2 is 2.54 bits per heavy atom. The molecule has 0 spiro atoms. The van der Waals surface area contributed by atoms with Gasteiger partial charge in [-0.05, 0) is 12.8 Å². The third-order valence-electron chi connectivity index (χ3n) is 2.14. The van der Waals surface area contributed by atoms with Gasteiger partial charge in [-0.3, -0.25) is 9.59 Å². The molecule has 0 aromatic rings. The molecule has 5 heteroatoms. The van der Waals surface area contributed by atoms with Crippen molar-refractivity contribution >= 4 is 11.8 Å². The first-order valence-corrected chi connectivity index (χ1v) is 4.48. The molecular weight excluding hydrogens is 170 g/mol. The summed E-state index contributed by atoms with van der Waals surface area (Å²) in [5.74, 6) is -0.360. The van der Waals surface area contributed by atoms with Crippen molar-refractivity contribution in [2.75, 3.05) is 6.54 Å². The lowest BCUT2D eigenvalue weighted by molar-refractivity contribution is -0.128. The minimum absolute atomic E-state index is 0.114. The van der Waals surface area contributed by atoms with E-state index >= 15 is 0 Å². The summed E-state index contributed by atoms with van der Waals surface area (Å²) in [7, 11) is 0. The molecule has 0 bridgehead atoms. The van der Waals surface area contributed by atoms with Gasteiger partial charge in [-0.25, -0.2) is 0 Å². The zero-order chi connectivity index (χ0) is 9.84. The van der Waals surface area contributed by atoms with Gasteiger partial charge < -0.3 is 16.4 Å². The summed E-state index contributed by atoms with van der Waals surface area (Å²) in [5.41, 5.74) is 5.50. The lowest BCUT2D eigenvalue weighted by Gasteiger charge is -2.13. The molecule has 4 N–H and O–H groups in total. The van der Waals surface area contributed by atoms with Gasteiger partial charge in [0.25, 0.3) is 0 Å². The van der Waals surface area contributed by atoms with Gasteiger partial charge in [0.2, 0.25) is 11.8 Å². The fraction of sp³-hybridized carbons (Fsp3) is 0.750. The molecule has 1 aliphatic rings. The molecule has 13 heavy (non-hydrogen) atoms. The minimum Gasteiger partial charge on any atom is -0.354 e. The van der Waals surface area contributed by atoms with Gasteiger partial charge in [0.1, 0.15) is 6.04 Å². The van der Waals surface area contributed by atoms with E-state index in [-0.39, 0.29) is 17.9 Å². The van der Waals surface area contributed by atoms with Crippen molar-refractivity contribution in [1.29, 1.82) is 0 Å². The molecular formula is C8H15N3O2. The molecule has 5 nitrogen and oxygen atoms in total. The van der Waals surface area contributed by atoms with Crippen LogP contribution >= 0.6 is 0 Å². The first kappa shape index (κ1) is 9.98. The van der Waals surface area contributed by atoms with Crippen LogP contribution in [0.4, 0.5) is 0 Å². The van der Waals surface area contributed by atoms with E-state index in [0.29, 0.717) is 19.4 Å². The van der Waals surface area contributed by atoms with Crippen LogP contribution in [-0.4, -0.2) is 30.4 Å². The maximum atomic E-state index is 11.3. The number of nitrogens with two attached hydrogens (primary N) is 1. The smallest absolute Gasteiger partial charge is 0.242 e. The van der Waals surface area contributed by atoms with Gasteiger partial charge in [-0.1, -0.05) is 6.92 Å². The molecule has 0 aromatic heterocycles. The second-order valence-electron chi connectivity index (χ2n) is 3.16. The van der Waals surface area contributed by atoms with E-state index in [4.69, 9.17) is 5.73 Å². The maximum Gasteiger partial charge on any atom is 0.242 e. The highest BCUT2D eigenvalue weighted by Crippen LogP contribution is 1.99.